The van der Waals surface area contributed by atoms with Crippen LogP contribution >= 0.6 is 0 Å². The van der Waals surface area contributed by atoms with Crippen molar-refractivity contribution in [3.63, 3.8) is 0 Å². The van der Waals surface area contributed by atoms with E-state index in [1.807, 2.05) is 4.72 Å². The van der Waals surface area contributed by atoms with Gasteiger partial charge in [0.15, 0.2) is 0 Å². The van der Waals surface area contributed by atoms with Crippen LogP contribution in [0.4, 0.5) is 5.69 Å². The van der Waals surface area contributed by atoms with E-state index < -0.39 is 28.4 Å². The number of carboxylic acids is 1. The molecule has 2 rings (SSSR count). The summed E-state index contributed by atoms with van der Waals surface area (Å²) in [6.07, 6.45) is 0. The van der Waals surface area contributed by atoms with Gasteiger partial charge in [-0.1, -0.05) is 12.1 Å². The van der Waals surface area contributed by atoms with Crippen molar-refractivity contribution in [3.05, 3.63) is 54.1 Å². The molecule has 0 saturated carbocycles. The van der Waals surface area contributed by atoms with E-state index in [1.165, 1.54) is 31.4 Å². The Morgan fingerprint density at radius 2 is 1.72 bits per heavy atom. The number of sulfonamides is 1. The highest BCUT2D eigenvalue weighted by Gasteiger charge is 2.16. The lowest BCUT2D eigenvalue weighted by atomic mass is 10.2. The van der Waals surface area contributed by atoms with Crippen molar-refractivity contribution < 1.29 is 27.9 Å². The summed E-state index contributed by atoms with van der Waals surface area (Å²) >= 11 is 0. The first-order valence-corrected chi connectivity index (χ1v) is 8.57. The maximum Gasteiger partial charge on any atom is 0.318 e. The predicted molar refractivity (Wildman–Crippen MR) is 90.2 cm³/mol. The van der Waals surface area contributed by atoms with E-state index >= 15 is 0 Å². The Kier molecular flexibility index (Phi) is 5.73. The van der Waals surface area contributed by atoms with E-state index in [-0.39, 0.29) is 4.90 Å². The van der Waals surface area contributed by atoms with Gasteiger partial charge in [-0.3, -0.25) is 9.59 Å². The second-order valence-corrected chi connectivity index (χ2v) is 6.66. The van der Waals surface area contributed by atoms with Crippen molar-refractivity contribution in [3.8, 4) is 5.75 Å². The van der Waals surface area contributed by atoms with Crippen LogP contribution in [0, 0.1) is 0 Å². The number of rotatable bonds is 7. The van der Waals surface area contributed by atoms with Gasteiger partial charge in [0, 0.05) is 5.69 Å². The van der Waals surface area contributed by atoms with Gasteiger partial charge in [-0.05, 0) is 36.4 Å². The van der Waals surface area contributed by atoms with E-state index in [2.05, 4.69) is 5.32 Å². The van der Waals surface area contributed by atoms with Gasteiger partial charge in [-0.25, -0.2) is 8.42 Å². The van der Waals surface area contributed by atoms with Crippen molar-refractivity contribution in [1.29, 1.82) is 0 Å². The molecular weight excluding hydrogens is 348 g/mol. The van der Waals surface area contributed by atoms with Gasteiger partial charge in [0.25, 0.3) is 5.91 Å². The monoisotopic (exact) mass is 364 g/mol. The summed E-state index contributed by atoms with van der Waals surface area (Å²) in [7, 11) is -2.47. The molecule has 0 spiro atoms. The minimum absolute atomic E-state index is 0.107. The number of carbonyl (C=O) groups excluding carboxylic acids is 1. The first kappa shape index (κ1) is 18.4. The number of hydrogen-bond donors (Lipinski definition) is 3. The Bertz CT molecular complexity index is 878. The third-order valence-electron chi connectivity index (χ3n) is 3.19. The van der Waals surface area contributed by atoms with E-state index in [9.17, 15) is 18.0 Å². The zero-order valence-corrected chi connectivity index (χ0v) is 14.0. The molecule has 132 valence electrons. The molecule has 25 heavy (non-hydrogen) atoms. The normalized spacial score (nSPS) is 10.9. The van der Waals surface area contributed by atoms with Crippen molar-refractivity contribution in [2.75, 3.05) is 19.0 Å². The topological polar surface area (TPSA) is 122 Å². The molecule has 0 fully saturated rings. The van der Waals surface area contributed by atoms with E-state index in [1.54, 1.807) is 24.3 Å². The van der Waals surface area contributed by atoms with Gasteiger partial charge in [-0.15, -0.1) is 0 Å². The predicted octanol–water partition coefficient (Wildman–Crippen LogP) is 1.31. The number of para-hydroxylation sites is 1. The molecule has 9 heteroatoms. The minimum Gasteiger partial charge on any atom is -0.496 e. The number of carboxylic acid groups (broad SMARTS) is 1. The summed E-state index contributed by atoms with van der Waals surface area (Å²) < 4.78 is 30.9. The molecule has 8 nitrogen and oxygen atoms in total. The zero-order valence-electron chi connectivity index (χ0n) is 13.2. The number of nitrogens with one attached hydrogen (secondary N) is 2. The Hall–Kier alpha value is -2.91. The summed E-state index contributed by atoms with van der Waals surface area (Å²) in [4.78, 5) is 22.6. The molecule has 0 unspecified atom stereocenters. The zero-order chi connectivity index (χ0) is 18.4. The fraction of sp³-hybridized carbons (Fsp3) is 0.125. The quantitative estimate of drug-likeness (QED) is 0.681. The SMILES string of the molecule is COc1ccccc1C(=O)Nc1ccc(S(=O)(=O)NCC(=O)O)cc1. The van der Waals surface area contributed by atoms with Gasteiger partial charge in [0.2, 0.25) is 10.0 Å². The summed E-state index contributed by atoms with van der Waals surface area (Å²) in [5.74, 6) is -1.28. The lowest BCUT2D eigenvalue weighted by Crippen LogP contribution is -2.29. The number of hydrogen-bond acceptors (Lipinski definition) is 5. The number of aliphatic carboxylic acids is 1. The van der Waals surface area contributed by atoms with Gasteiger partial charge in [0.05, 0.1) is 17.6 Å². The van der Waals surface area contributed by atoms with Crippen molar-refractivity contribution >= 4 is 27.6 Å². The molecule has 0 radical (unpaired) electrons. The highest BCUT2D eigenvalue weighted by molar-refractivity contribution is 7.89. The molecule has 1 amide bonds. The van der Waals surface area contributed by atoms with Crippen molar-refractivity contribution in [2.24, 2.45) is 0 Å². The standard InChI is InChI=1S/C16H16N2O6S/c1-24-14-5-3-2-4-13(14)16(21)18-11-6-8-12(9-7-11)25(22,23)17-10-15(19)20/h2-9,17H,10H2,1H3,(H,18,21)(H,19,20). The second-order valence-electron chi connectivity index (χ2n) is 4.90. The summed E-state index contributed by atoms with van der Waals surface area (Å²) in [6.45, 7) is -0.714. The highest BCUT2D eigenvalue weighted by Crippen LogP contribution is 2.20. The third-order valence-corrected chi connectivity index (χ3v) is 4.60. The maximum atomic E-state index is 12.3. The second kappa shape index (κ2) is 7.77. The van der Waals surface area contributed by atoms with Gasteiger partial charge >= 0.3 is 5.97 Å². The number of carbonyl (C=O) groups is 2. The largest absolute Gasteiger partial charge is 0.496 e. The number of ether oxygens (including phenoxy) is 1. The first-order chi connectivity index (χ1) is 11.8. The van der Waals surface area contributed by atoms with Crippen LogP contribution in [0.5, 0.6) is 5.75 Å². The summed E-state index contributed by atoms with van der Waals surface area (Å²) in [5, 5.41) is 11.2. The molecule has 0 bridgehead atoms. The van der Waals surface area contributed by atoms with Gasteiger partial charge in [0.1, 0.15) is 12.3 Å². The van der Waals surface area contributed by atoms with E-state index in [0.717, 1.165) is 0 Å². The molecule has 2 aromatic rings. The third kappa shape index (κ3) is 4.78. The van der Waals surface area contributed by atoms with Crippen LogP contribution in [0.3, 0.4) is 0 Å². The number of methoxy groups -OCH3 is 1. The fourth-order valence-corrected chi connectivity index (χ4v) is 2.96. The molecule has 0 aliphatic carbocycles. The van der Waals surface area contributed by atoms with Crippen LogP contribution in [0.1, 0.15) is 10.4 Å². The molecular formula is C16H16N2O6S. The molecule has 0 aliphatic rings. The summed E-state index contributed by atoms with van der Waals surface area (Å²) in [6, 6.07) is 12.0. The first-order valence-electron chi connectivity index (χ1n) is 7.09. The van der Waals surface area contributed by atoms with E-state index in [0.29, 0.717) is 17.0 Å². The van der Waals surface area contributed by atoms with Crippen LogP contribution in [0.25, 0.3) is 0 Å². The molecule has 2 aromatic carbocycles. The lowest BCUT2D eigenvalue weighted by molar-refractivity contribution is -0.135. The molecule has 3 N–H and O–H groups in total. The van der Waals surface area contributed by atoms with E-state index in [4.69, 9.17) is 9.84 Å². The number of amides is 1. The molecule has 0 aliphatic heterocycles. The molecule has 0 aromatic heterocycles. The number of anilines is 1. The Morgan fingerprint density at radius 1 is 1.08 bits per heavy atom. The van der Waals surface area contributed by atoms with Crippen molar-refractivity contribution in [1.82, 2.24) is 4.72 Å². The van der Waals surface area contributed by atoms with Crippen LogP contribution in [-0.2, 0) is 14.8 Å². The maximum absolute atomic E-state index is 12.3. The van der Waals surface area contributed by atoms with Crippen molar-refractivity contribution in [2.45, 2.75) is 4.90 Å². The van der Waals surface area contributed by atoms with Crippen LogP contribution in [-0.4, -0.2) is 39.1 Å². The van der Waals surface area contributed by atoms with Crippen LogP contribution < -0.4 is 14.8 Å². The Balaban J connectivity index is 2.12. The average molecular weight is 364 g/mol. The number of benzene rings is 2. The van der Waals surface area contributed by atoms with Gasteiger partial charge in [-0.2, -0.15) is 4.72 Å². The molecule has 0 atom stereocenters. The highest BCUT2D eigenvalue weighted by atomic mass is 32.2. The van der Waals surface area contributed by atoms with Crippen LogP contribution in [0.2, 0.25) is 0 Å². The smallest absolute Gasteiger partial charge is 0.318 e. The fourth-order valence-electron chi connectivity index (χ4n) is 1.99. The lowest BCUT2D eigenvalue weighted by Gasteiger charge is -2.10. The Labute approximate surface area is 144 Å². The molecule has 0 heterocycles. The van der Waals surface area contributed by atoms with Crippen LogP contribution in [0.15, 0.2) is 53.4 Å². The minimum atomic E-state index is -3.93. The summed E-state index contributed by atoms with van der Waals surface area (Å²) in [5.41, 5.74) is 0.720. The average Bonchev–Trinajstić information content (AvgIpc) is 2.60. The van der Waals surface area contributed by atoms with Gasteiger partial charge < -0.3 is 15.2 Å². The molecule has 0 saturated heterocycles. The Morgan fingerprint density at radius 3 is 2.32 bits per heavy atom.